The molecule has 1 saturated carbocycles. The van der Waals surface area contributed by atoms with Crippen molar-refractivity contribution >= 4 is 17.7 Å². The van der Waals surface area contributed by atoms with Crippen molar-refractivity contribution in [1.29, 1.82) is 0 Å². The number of hydrogen-bond acceptors (Lipinski definition) is 6. The number of likely N-dealkylation sites (tertiary alicyclic amines) is 1. The molecule has 2 aliphatic rings. The van der Waals surface area contributed by atoms with Crippen LogP contribution in [0.2, 0.25) is 0 Å². The van der Waals surface area contributed by atoms with E-state index in [0.29, 0.717) is 36.5 Å². The maximum atomic E-state index is 11.9. The third-order valence-electron chi connectivity index (χ3n) is 3.66. The first-order valence-electron chi connectivity index (χ1n) is 6.52. The molecule has 1 aromatic heterocycles. The van der Waals surface area contributed by atoms with Crippen LogP contribution in [0.1, 0.15) is 32.2 Å². The fourth-order valence-electron chi connectivity index (χ4n) is 2.11. The standard InChI is InChI=1S/C11H17N5O2S/c1-2-11(18)6-15(7-11)9(17)5-19-10-12-13-14-16(10)8-3-4-8/h8,18H,2-7H2,1H3. The molecule has 0 aromatic carbocycles. The fraction of sp³-hybridized carbons (Fsp3) is 0.818. The highest BCUT2D eigenvalue weighted by Gasteiger charge is 2.41. The number of hydrogen-bond donors (Lipinski definition) is 1. The van der Waals surface area contributed by atoms with Gasteiger partial charge in [0.25, 0.3) is 0 Å². The molecule has 2 heterocycles. The molecule has 0 atom stereocenters. The number of nitrogens with zero attached hydrogens (tertiary/aromatic N) is 5. The summed E-state index contributed by atoms with van der Waals surface area (Å²) in [6.07, 6.45) is 2.91. The Kier molecular flexibility index (Phi) is 3.22. The van der Waals surface area contributed by atoms with Crippen molar-refractivity contribution in [1.82, 2.24) is 25.1 Å². The maximum absolute atomic E-state index is 11.9. The Labute approximate surface area is 115 Å². The summed E-state index contributed by atoms with van der Waals surface area (Å²) in [5, 5.41) is 22.1. The molecule has 19 heavy (non-hydrogen) atoms. The minimum atomic E-state index is -0.671. The Morgan fingerprint density at radius 2 is 2.26 bits per heavy atom. The first kappa shape index (κ1) is 12.9. The van der Waals surface area contributed by atoms with Crippen LogP contribution in [0.3, 0.4) is 0 Å². The fourth-order valence-corrected chi connectivity index (χ4v) is 2.96. The Hall–Kier alpha value is -1.15. The van der Waals surface area contributed by atoms with Gasteiger partial charge in [-0.05, 0) is 29.7 Å². The first-order chi connectivity index (χ1) is 9.11. The van der Waals surface area contributed by atoms with Crippen LogP contribution in [0.4, 0.5) is 0 Å². The number of tetrazole rings is 1. The highest BCUT2D eigenvalue weighted by Crippen LogP contribution is 2.36. The summed E-state index contributed by atoms with van der Waals surface area (Å²) < 4.78 is 1.80. The molecular formula is C11H17N5O2S. The molecule has 3 rings (SSSR count). The van der Waals surface area contributed by atoms with Gasteiger partial charge in [0.1, 0.15) is 0 Å². The highest BCUT2D eigenvalue weighted by molar-refractivity contribution is 7.99. The number of aromatic nitrogens is 4. The monoisotopic (exact) mass is 283 g/mol. The van der Waals surface area contributed by atoms with Crippen molar-refractivity contribution in [2.24, 2.45) is 0 Å². The van der Waals surface area contributed by atoms with Crippen molar-refractivity contribution < 1.29 is 9.90 Å². The summed E-state index contributed by atoms with van der Waals surface area (Å²) in [5.41, 5.74) is -0.671. The van der Waals surface area contributed by atoms with Crippen LogP contribution in [0.5, 0.6) is 0 Å². The van der Waals surface area contributed by atoms with Crippen LogP contribution in [-0.4, -0.2) is 60.6 Å². The van der Waals surface area contributed by atoms with Gasteiger partial charge in [-0.15, -0.1) is 5.10 Å². The molecular weight excluding hydrogens is 266 g/mol. The lowest BCUT2D eigenvalue weighted by molar-refractivity contribution is -0.152. The number of carbonyl (C=O) groups is 1. The van der Waals surface area contributed by atoms with Crippen molar-refractivity contribution in [3.8, 4) is 0 Å². The Morgan fingerprint density at radius 1 is 1.53 bits per heavy atom. The zero-order chi connectivity index (χ0) is 13.5. The van der Waals surface area contributed by atoms with Gasteiger partial charge >= 0.3 is 0 Å². The number of carbonyl (C=O) groups excluding carboxylic acids is 1. The summed E-state index contributed by atoms with van der Waals surface area (Å²) in [7, 11) is 0. The van der Waals surface area contributed by atoms with Crippen LogP contribution < -0.4 is 0 Å². The van der Waals surface area contributed by atoms with Crippen molar-refractivity contribution in [3.63, 3.8) is 0 Å². The van der Waals surface area contributed by atoms with Gasteiger partial charge in [0, 0.05) is 0 Å². The molecule has 0 radical (unpaired) electrons. The van der Waals surface area contributed by atoms with Gasteiger partial charge in [0.2, 0.25) is 11.1 Å². The first-order valence-corrected chi connectivity index (χ1v) is 7.51. The highest BCUT2D eigenvalue weighted by atomic mass is 32.2. The number of β-amino-alcohol motifs (C(OH)–C–C–N with tert-alkyl or cyclic N) is 1. The van der Waals surface area contributed by atoms with E-state index in [1.54, 1.807) is 9.58 Å². The minimum absolute atomic E-state index is 0.0356. The molecule has 7 nitrogen and oxygen atoms in total. The molecule has 0 unspecified atom stereocenters. The number of amides is 1. The predicted octanol–water partition coefficient (Wildman–Crippen LogP) is 0.0834. The smallest absolute Gasteiger partial charge is 0.233 e. The van der Waals surface area contributed by atoms with Gasteiger partial charge in [0.15, 0.2) is 0 Å². The topological polar surface area (TPSA) is 84.1 Å². The van der Waals surface area contributed by atoms with Gasteiger partial charge in [-0.1, -0.05) is 18.7 Å². The zero-order valence-corrected chi connectivity index (χ0v) is 11.6. The lowest BCUT2D eigenvalue weighted by Crippen LogP contribution is -2.63. The average Bonchev–Trinajstić information content (AvgIpc) is 3.11. The largest absolute Gasteiger partial charge is 0.386 e. The van der Waals surface area contributed by atoms with Gasteiger partial charge in [-0.3, -0.25) is 4.79 Å². The van der Waals surface area contributed by atoms with Crippen LogP contribution in [0.15, 0.2) is 5.16 Å². The van der Waals surface area contributed by atoms with Gasteiger partial charge in [-0.25, -0.2) is 4.68 Å². The number of aliphatic hydroxyl groups is 1. The summed E-state index contributed by atoms with van der Waals surface area (Å²) in [6.45, 7) is 2.81. The number of rotatable bonds is 5. The lowest BCUT2D eigenvalue weighted by Gasteiger charge is -2.46. The Balaban J connectivity index is 1.50. The lowest BCUT2D eigenvalue weighted by atomic mass is 9.91. The van der Waals surface area contributed by atoms with E-state index < -0.39 is 5.60 Å². The third-order valence-corrected chi connectivity index (χ3v) is 4.58. The molecule has 1 aromatic rings. The Morgan fingerprint density at radius 3 is 2.89 bits per heavy atom. The van der Waals surface area contributed by atoms with E-state index in [1.165, 1.54) is 11.8 Å². The molecule has 1 N–H and O–H groups in total. The summed E-state index contributed by atoms with van der Waals surface area (Å²) in [5.74, 6) is 0.362. The molecule has 0 bridgehead atoms. The second-order valence-corrected chi connectivity index (χ2v) is 6.20. The van der Waals surface area contributed by atoms with Crippen LogP contribution in [0, 0.1) is 0 Å². The van der Waals surface area contributed by atoms with E-state index in [0.717, 1.165) is 12.8 Å². The van der Waals surface area contributed by atoms with E-state index >= 15 is 0 Å². The van der Waals surface area contributed by atoms with Gasteiger partial charge in [-0.2, -0.15) is 0 Å². The Bertz CT molecular complexity index is 481. The van der Waals surface area contributed by atoms with Gasteiger partial charge in [0.05, 0.1) is 30.5 Å². The molecule has 1 aliphatic carbocycles. The maximum Gasteiger partial charge on any atom is 0.233 e. The SMILES string of the molecule is CCC1(O)CN(C(=O)CSc2nnnn2C2CC2)C1. The van der Waals surface area contributed by atoms with Crippen LogP contribution in [-0.2, 0) is 4.79 Å². The number of thioether (sulfide) groups is 1. The van der Waals surface area contributed by atoms with E-state index in [9.17, 15) is 9.90 Å². The zero-order valence-electron chi connectivity index (χ0n) is 10.8. The van der Waals surface area contributed by atoms with E-state index in [4.69, 9.17) is 0 Å². The summed E-state index contributed by atoms with van der Waals surface area (Å²) in [4.78, 5) is 13.6. The predicted molar refractivity (Wildman–Crippen MR) is 68.6 cm³/mol. The van der Waals surface area contributed by atoms with Crippen LogP contribution in [0.25, 0.3) is 0 Å². The third kappa shape index (κ3) is 2.59. The van der Waals surface area contributed by atoms with Crippen molar-refractivity contribution in [2.75, 3.05) is 18.8 Å². The van der Waals surface area contributed by atoms with Crippen molar-refractivity contribution in [2.45, 2.75) is 43.0 Å². The quantitative estimate of drug-likeness (QED) is 0.771. The molecule has 8 heteroatoms. The molecule has 0 spiro atoms. The van der Waals surface area contributed by atoms with Gasteiger partial charge < -0.3 is 10.0 Å². The van der Waals surface area contributed by atoms with Crippen molar-refractivity contribution in [3.05, 3.63) is 0 Å². The second kappa shape index (κ2) is 4.75. The molecule has 1 aliphatic heterocycles. The van der Waals surface area contributed by atoms with E-state index in [1.807, 2.05) is 6.92 Å². The van der Waals surface area contributed by atoms with Crippen LogP contribution >= 0.6 is 11.8 Å². The molecule has 1 amide bonds. The molecule has 1 saturated heterocycles. The second-order valence-electron chi connectivity index (χ2n) is 5.25. The summed E-state index contributed by atoms with van der Waals surface area (Å²) >= 11 is 1.37. The normalized spacial score (nSPS) is 21.3. The minimum Gasteiger partial charge on any atom is -0.386 e. The van der Waals surface area contributed by atoms with E-state index in [-0.39, 0.29) is 5.91 Å². The summed E-state index contributed by atoms with van der Waals surface area (Å²) in [6, 6.07) is 0.418. The molecule has 2 fully saturated rings. The average molecular weight is 283 g/mol. The molecule has 104 valence electrons. The van der Waals surface area contributed by atoms with E-state index in [2.05, 4.69) is 15.5 Å².